The fourth-order valence-electron chi connectivity index (χ4n) is 3.16. The molecule has 116 valence electrons. The van der Waals surface area contributed by atoms with Gasteiger partial charge in [0.05, 0.1) is 5.52 Å². The number of primary amides is 1. The molecule has 2 amide bonds. The lowest BCUT2D eigenvalue weighted by atomic mass is 10.0. The highest BCUT2D eigenvalue weighted by Crippen LogP contribution is 2.29. The minimum Gasteiger partial charge on any atom is -0.352 e. The molecule has 2 aromatic rings. The number of nitrogens with two attached hydrogens (primary N) is 1. The van der Waals surface area contributed by atoms with Gasteiger partial charge in [0.15, 0.2) is 0 Å². The number of hydrogen-bond acceptors (Lipinski definition) is 4. The van der Waals surface area contributed by atoms with Crippen LogP contribution in [0.25, 0.3) is 10.9 Å². The third-order valence-corrected chi connectivity index (χ3v) is 4.26. The first-order valence-electron chi connectivity index (χ1n) is 7.67. The Morgan fingerprint density at radius 2 is 2.27 bits per heavy atom. The summed E-state index contributed by atoms with van der Waals surface area (Å²) in [4.78, 5) is 22.2. The summed E-state index contributed by atoms with van der Waals surface area (Å²) in [5.74, 6) is 0.949. The molecule has 22 heavy (non-hydrogen) atoms. The van der Waals surface area contributed by atoms with Gasteiger partial charge < -0.3 is 16.0 Å². The predicted octanol–water partition coefficient (Wildman–Crippen LogP) is 1.97. The Hall–Kier alpha value is -2.37. The van der Waals surface area contributed by atoms with E-state index in [1.165, 1.54) is 0 Å². The molecule has 1 aliphatic rings. The third-order valence-electron chi connectivity index (χ3n) is 4.26. The van der Waals surface area contributed by atoms with Crippen LogP contribution >= 0.6 is 0 Å². The molecule has 1 atom stereocenters. The topological polar surface area (TPSA) is 84.1 Å². The van der Waals surface area contributed by atoms with Crippen molar-refractivity contribution in [2.24, 2.45) is 5.73 Å². The number of fused-ring (bicyclic) bond motifs is 1. The zero-order valence-electron chi connectivity index (χ0n) is 12.7. The summed E-state index contributed by atoms with van der Waals surface area (Å²) in [5, 5.41) is 3.79. The number of rotatable bonds is 3. The van der Waals surface area contributed by atoms with Gasteiger partial charge in [0.1, 0.15) is 12.1 Å². The zero-order valence-corrected chi connectivity index (χ0v) is 12.7. The Kier molecular flexibility index (Phi) is 4.09. The number of amides is 2. The minimum absolute atomic E-state index is 0.222. The molecule has 6 nitrogen and oxygen atoms in total. The smallest absolute Gasteiger partial charge is 0.312 e. The first-order valence-corrected chi connectivity index (χ1v) is 7.67. The summed E-state index contributed by atoms with van der Waals surface area (Å²) < 4.78 is 0. The van der Waals surface area contributed by atoms with Crippen molar-refractivity contribution >= 4 is 22.8 Å². The minimum atomic E-state index is -0.478. The molecule has 6 heteroatoms. The van der Waals surface area contributed by atoms with Crippen molar-refractivity contribution < 1.29 is 4.79 Å². The van der Waals surface area contributed by atoms with Gasteiger partial charge in [-0.3, -0.25) is 0 Å². The Morgan fingerprint density at radius 1 is 1.41 bits per heavy atom. The van der Waals surface area contributed by atoms with Gasteiger partial charge in [-0.05, 0) is 37.8 Å². The van der Waals surface area contributed by atoms with Crippen LogP contribution in [0.1, 0.15) is 24.8 Å². The molecule has 0 aliphatic carbocycles. The van der Waals surface area contributed by atoms with Gasteiger partial charge in [-0.2, -0.15) is 0 Å². The molecule has 1 aromatic heterocycles. The molecule has 0 radical (unpaired) electrons. The molecule has 1 aliphatic heterocycles. The van der Waals surface area contributed by atoms with Crippen LogP contribution in [0, 0.1) is 6.92 Å². The largest absolute Gasteiger partial charge is 0.352 e. The van der Waals surface area contributed by atoms with E-state index in [1.807, 2.05) is 6.07 Å². The Labute approximate surface area is 129 Å². The highest BCUT2D eigenvalue weighted by Gasteiger charge is 2.25. The molecular weight excluding hydrogens is 278 g/mol. The van der Waals surface area contributed by atoms with E-state index in [1.54, 1.807) is 6.33 Å². The number of piperidine rings is 1. The van der Waals surface area contributed by atoms with Gasteiger partial charge in [0, 0.05) is 24.5 Å². The van der Waals surface area contributed by atoms with Gasteiger partial charge in [-0.1, -0.05) is 12.1 Å². The number of nitrogens with zero attached hydrogens (tertiary/aromatic N) is 3. The fraction of sp³-hybridized carbons (Fsp3) is 0.438. The van der Waals surface area contributed by atoms with E-state index >= 15 is 0 Å². The molecule has 1 aromatic carbocycles. The molecule has 3 N–H and O–H groups in total. The lowest BCUT2D eigenvalue weighted by molar-refractivity contribution is 0.247. The molecule has 0 saturated carbocycles. The third kappa shape index (κ3) is 2.81. The van der Waals surface area contributed by atoms with E-state index < -0.39 is 6.03 Å². The van der Waals surface area contributed by atoms with Crippen LogP contribution < -0.4 is 16.0 Å². The summed E-state index contributed by atoms with van der Waals surface area (Å²) in [5.41, 5.74) is 7.34. The number of aryl methyl sites for hydroxylation is 1. The van der Waals surface area contributed by atoms with Crippen LogP contribution in [0.15, 0.2) is 24.5 Å². The summed E-state index contributed by atoms with van der Waals surface area (Å²) in [6.45, 7) is 3.54. The van der Waals surface area contributed by atoms with Crippen LogP contribution in [0.4, 0.5) is 10.6 Å². The van der Waals surface area contributed by atoms with Gasteiger partial charge in [-0.25, -0.2) is 14.8 Å². The van der Waals surface area contributed by atoms with Crippen molar-refractivity contribution in [3.63, 3.8) is 0 Å². The van der Waals surface area contributed by atoms with Gasteiger partial charge in [-0.15, -0.1) is 0 Å². The van der Waals surface area contributed by atoms with Crippen molar-refractivity contribution in [3.05, 3.63) is 30.1 Å². The molecule has 0 spiro atoms. The van der Waals surface area contributed by atoms with Crippen molar-refractivity contribution in [1.29, 1.82) is 0 Å². The number of anilines is 1. The van der Waals surface area contributed by atoms with E-state index in [-0.39, 0.29) is 6.04 Å². The van der Waals surface area contributed by atoms with Crippen LogP contribution in [0.3, 0.4) is 0 Å². The molecule has 0 bridgehead atoms. The van der Waals surface area contributed by atoms with E-state index in [0.717, 1.165) is 48.1 Å². The standard InChI is InChI=1S/C16H21N5O/c1-11-5-4-7-13-14(11)19-10-20-15(13)21-8-3-2-6-12(21)9-18-16(17)22/h4-5,7,10,12H,2-3,6,8-9H2,1H3,(H3,17,18,22). The summed E-state index contributed by atoms with van der Waals surface area (Å²) >= 11 is 0. The summed E-state index contributed by atoms with van der Waals surface area (Å²) in [6.07, 6.45) is 4.93. The Morgan fingerprint density at radius 3 is 3.09 bits per heavy atom. The van der Waals surface area contributed by atoms with Gasteiger partial charge in [0.2, 0.25) is 0 Å². The second-order valence-electron chi connectivity index (χ2n) is 5.76. The molecule has 1 fully saturated rings. The lowest BCUT2D eigenvalue weighted by Crippen LogP contribution is -2.48. The molecular formula is C16H21N5O. The average Bonchev–Trinajstić information content (AvgIpc) is 2.53. The normalized spacial score (nSPS) is 18.4. The van der Waals surface area contributed by atoms with Crippen molar-refractivity contribution in [3.8, 4) is 0 Å². The number of urea groups is 1. The monoisotopic (exact) mass is 299 g/mol. The zero-order chi connectivity index (χ0) is 15.5. The lowest BCUT2D eigenvalue weighted by Gasteiger charge is -2.37. The highest BCUT2D eigenvalue weighted by atomic mass is 16.2. The maximum atomic E-state index is 11.0. The Balaban J connectivity index is 1.97. The number of nitrogens with one attached hydrogen (secondary N) is 1. The maximum Gasteiger partial charge on any atom is 0.312 e. The van der Waals surface area contributed by atoms with Crippen LogP contribution in [-0.2, 0) is 0 Å². The highest BCUT2D eigenvalue weighted by molar-refractivity contribution is 5.91. The number of para-hydroxylation sites is 1. The van der Waals surface area contributed by atoms with Crippen LogP contribution in [-0.4, -0.2) is 35.1 Å². The summed E-state index contributed by atoms with van der Waals surface area (Å²) in [6, 6.07) is 5.89. The van der Waals surface area contributed by atoms with Gasteiger partial charge >= 0.3 is 6.03 Å². The molecule has 1 unspecified atom stereocenters. The van der Waals surface area contributed by atoms with E-state index in [9.17, 15) is 4.79 Å². The second-order valence-corrected chi connectivity index (χ2v) is 5.76. The molecule has 2 heterocycles. The SMILES string of the molecule is Cc1cccc2c(N3CCCCC3CNC(N)=O)ncnc12. The second kappa shape index (κ2) is 6.17. The summed E-state index contributed by atoms with van der Waals surface area (Å²) in [7, 11) is 0. The first-order chi connectivity index (χ1) is 10.7. The van der Waals surface area contributed by atoms with Crippen LogP contribution in [0.2, 0.25) is 0 Å². The number of hydrogen-bond donors (Lipinski definition) is 2. The number of carbonyl (C=O) groups excluding carboxylic acids is 1. The van der Waals surface area contributed by atoms with E-state index in [0.29, 0.717) is 6.54 Å². The number of benzene rings is 1. The van der Waals surface area contributed by atoms with E-state index in [4.69, 9.17) is 5.73 Å². The maximum absolute atomic E-state index is 11.0. The number of carbonyl (C=O) groups is 1. The van der Waals surface area contributed by atoms with Crippen LogP contribution in [0.5, 0.6) is 0 Å². The number of aromatic nitrogens is 2. The van der Waals surface area contributed by atoms with E-state index in [2.05, 4.69) is 39.2 Å². The Bertz CT molecular complexity index is 687. The van der Waals surface area contributed by atoms with Crippen molar-refractivity contribution in [2.45, 2.75) is 32.2 Å². The first kappa shape index (κ1) is 14.6. The fourth-order valence-corrected chi connectivity index (χ4v) is 3.16. The average molecular weight is 299 g/mol. The van der Waals surface area contributed by atoms with Gasteiger partial charge in [0.25, 0.3) is 0 Å². The quantitative estimate of drug-likeness (QED) is 0.907. The molecule has 3 rings (SSSR count). The van der Waals surface area contributed by atoms with Crippen molar-refractivity contribution in [1.82, 2.24) is 15.3 Å². The van der Waals surface area contributed by atoms with Crippen molar-refractivity contribution in [2.75, 3.05) is 18.0 Å². The predicted molar refractivity (Wildman–Crippen MR) is 86.8 cm³/mol. The molecule has 1 saturated heterocycles.